The summed E-state index contributed by atoms with van der Waals surface area (Å²) in [5, 5.41) is 32.3. The van der Waals surface area contributed by atoms with E-state index >= 15 is 0 Å². The minimum absolute atomic E-state index is 0.00844. The number of halogens is 1. The Balaban J connectivity index is 1.95. The number of phenols is 3. The van der Waals surface area contributed by atoms with Gasteiger partial charge in [-0.2, -0.15) is 0 Å². The summed E-state index contributed by atoms with van der Waals surface area (Å²) >= 11 is 0. The summed E-state index contributed by atoms with van der Waals surface area (Å²) in [6.07, 6.45) is 0. The zero-order valence-electron chi connectivity index (χ0n) is 17.2. The number of benzene rings is 4. The SMILES string of the molecule is Cc1ccc(S(=O)(=O)Nc2cc(F)c(O)c(-c3c(O)c(O)cc4ccccc34)c2C)cc1. The first-order valence-corrected chi connectivity index (χ1v) is 11.1. The monoisotopic (exact) mass is 453 g/mol. The molecule has 0 heterocycles. The van der Waals surface area contributed by atoms with Crippen molar-refractivity contribution in [2.45, 2.75) is 18.7 Å². The highest BCUT2D eigenvalue weighted by Gasteiger charge is 2.25. The van der Waals surface area contributed by atoms with E-state index in [-0.39, 0.29) is 27.3 Å². The molecule has 0 aliphatic carbocycles. The number of phenolic OH excluding ortho intramolecular Hbond substituents is 3. The second-order valence-corrected chi connectivity index (χ2v) is 9.20. The van der Waals surface area contributed by atoms with Crippen molar-refractivity contribution in [3.8, 4) is 28.4 Å². The van der Waals surface area contributed by atoms with Crippen molar-refractivity contribution in [1.29, 1.82) is 0 Å². The first kappa shape index (κ1) is 21.5. The maximum Gasteiger partial charge on any atom is 0.261 e. The summed E-state index contributed by atoms with van der Waals surface area (Å²) in [5.41, 5.74) is 0.805. The van der Waals surface area contributed by atoms with E-state index in [0.717, 1.165) is 11.6 Å². The highest BCUT2D eigenvalue weighted by atomic mass is 32.2. The number of nitrogens with one attached hydrogen (secondary N) is 1. The Morgan fingerprint density at radius 3 is 2.19 bits per heavy atom. The molecule has 0 amide bonds. The number of fused-ring (bicyclic) bond motifs is 1. The van der Waals surface area contributed by atoms with Gasteiger partial charge < -0.3 is 15.3 Å². The standard InChI is InChI=1S/C24H20FNO5S/c1-13-7-9-16(10-8-13)32(30,31)26-19-12-18(25)23(28)21(14(19)2)22-17-6-4-3-5-15(17)11-20(27)24(22)29/h3-12,26-29H,1-2H3. The van der Waals surface area contributed by atoms with E-state index in [9.17, 15) is 28.1 Å². The molecule has 0 atom stereocenters. The molecule has 0 aromatic heterocycles. The number of rotatable bonds is 4. The van der Waals surface area contributed by atoms with Crippen molar-refractivity contribution in [2.75, 3.05) is 4.72 Å². The van der Waals surface area contributed by atoms with Crippen LogP contribution in [0.1, 0.15) is 11.1 Å². The summed E-state index contributed by atoms with van der Waals surface area (Å²) in [6.45, 7) is 3.31. The van der Waals surface area contributed by atoms with Crippen LogP contribution in [0.3, 0.4) is 0 Å². The van der Waals surface area contributed by atoms with Crippen LogP contribution in [-0.4, -0.2) is 23.7 Å². The van der Waals surface area contributed by atoms with Gasteiger partial charge in [-0.3, -0.25) is 4.72 Å². The fraction of sp³-hybridized carbons (Fsp3) is 0.0833. The maximum absolute atomic E-state index is 14.7. The second kappa shape index (κ2) is 7.72. The molecule has 0 spiro atoms. The lowest BCUT2D eigenvalue weighted by Gasteiger charge is -2.19. The fourth-order valence-electron chi connectivity index (χ4n) is 3.64. The smallest absolute Gasteiger partial charge is 0.261 e. The number of aromatic hydroxyl groups is 3. The van der Waals surface area contributed by atoms with Crippen molar-refractivity contribution >= 4 is 26.5 Å². The molecule has 0 saturated carbocycles. The first-order chi connectivity index (χ1) is 15.1. The summed E-state index contributed by atoms with van der Waals surface area (Å²) < 4.78 is 42.8. The van der Waals surface area contributed by atoms with Crippen molar-refractivity contribution in [3.05, 3.63) is 77.6 Å². The van der Waals surface area contributed by atoms with Gasteiger partial charge in [-0.25, -0.2) is 12.8 Å². The van der Waals surface area contributed by atoms with Crippen LogP contribution in [0, 0.1) is 19.7 Å². The largest absolute Gasteiger partial charge is 0.504 e. The lowest BCUT2D eigenvalue weighted by atomic mass is 9.92. The molecule has 32 heavy (non-hydrogen) atoms. The first-order valence-electron chi connectivity index (χ1n) is 9.65. The van der Waals surface area contributed by atoms with E-state index in [1.54, 1.807) is 36.4 Å². The summed E-state index contributed by atoms with van der Waals surface area (Å²) in [6, 6.07) is 15.1. The van der Waals surface area contributed by atoms with Crippen LogP contribution >= 0.6 is 0 Å². The van der Waals surface area contributed by atoms with Gasteiger partial charge in [-0.15, -0.1) is 0 Å². The maximum atomic E-state index is 14.7. The number of anilines is 1. The van der Waals surface area contributed by atoms with Gasteiger partial charge in [0.2, 0.25) is 0 Å². The predicted molar refractivity (Wildman–Crippen MR) is 121 cm³/mol. The molecule has 4 N–H and O–H groups in total. The molecule has 4 aromatic carbocycles. The van der Waals surface area contributed by atoms with Gasteiger partial charge in [0.25, 0.3) is 10.0 Å². The van der Waals surface area contributed by atoms with Crippen LogP contribution in [0.5, 0.6) is 17.2 Å². The minimum Gasteiger partial charge on any atom is -0.504 e. The highest BCUT2D eigenvalue weighted by Crippen LogP contribution is 2.49. The number of hydrogen-bond acceptors (Lipinski definition) is 5. The summed E-state index contributed by atoms with van der Waals surface area (Å²) in [4.78, 5) is -0.0109. The van der Waals surface area contributed by atoms with Gasteiger partial charge in [0, 0.05) is 17.2 Å². The quantitative estimate of drug-likeness (QED) is 0.252. The third kappa shape index (κ3) is 3.58. The van der Waals surface area contributed by atoms with Crippen LogP contribution in [0.25, 0.3) is 21.9 Å². The molecule has 0 saturated heterocycles. The molecular weight excluding hydrogens is 433 g/mol. The molecule has 0 unspecified atom stereocenters. The molecular formula is C24H20FNO5S. The van der Waals surface area contributed by atoms with Gasteiger partial charge in [0.15, 0.2) is 23.1 Å². The van der Waals surface area contributed by atoms with Gasteiger partial charge in [0.1, 0.15) is 0 Å². The third-order valence-corrected chi connectivity index (χ3v) is 6.72. The molecule has 4 rings (SSSR count). The fourth-order valence-corrected chi connectivity index (χ4v) is 4.76. The third-order valence-electron chi connectivity index (χ3n) is 5.34. The Kier molecular flexibility index (Phi) is 5.18. The Labute approximate surface area is 184 Å². The minimum atomic E-state index is -4.05. The average Bonchev–Trinajstić information content (AvgIpc) is 2.75. The van der Waals surface area contributed by atoms with E-state index in [0.29, 0.717) is 10.8 Å². The molecule has 0 aliphatic rings. The number of sulfonamides is 1. The van der Waals surface area contributed by atoms with Crippen molar-refractivity contribution < 1.29 is 28.1 Å². The lowest BCUT2D eigenvalue weighted by molar-refractivity contribution is 0.405. The molecule has 6 nitrogen and oxygen atoms in total. The van der Waals surface area contributed by atoms with Crippen LogP contribution in [0.2, 0.25) is 0 Å². The van der Waals surface area contributed by atoms with E-state index < -0.39 is 33.1 Å². The number of hydrogen-bond donors (Lipinski definition) is 4. The van der Waals surface area contributed by atoms with Gasteiger partial charge in [-0.1, -0.05) is 42.0 Å². The van der Waals surface area contributed by atoms with E-state index in [1.807, 2.05) is 6.92 Å². The molecule has 0 fully saturated rings. The average molecular weight is 453 g/mol. The molecule has 8 heteroatoms. The summed E-state index contributed by atoms with van der Waals surface area (Å²) in [7, 11) is -4.05. The topological polar surface area (TPSA) is 107 Å². The predicted octanol–water partition coefficient (Wildman–Crippen LogP) is 5.18. The normalized spacial score (nSPS) is 11.6. The summed E-state index contributed by atoms with van der Waals surface area (Å²) in [5.74, 6) is -2.87. The molecule has 4 aromatic rings. The van der Waals surface area contributed by atoms with Gasteiger partial charge >= 0.3 is 0 Å². The van der Waals surface area contributed by atoms with E-state index in [1.165, 1.54) is 25.1 Å². The second-order valence-electron chi connectivity index (χ2n) is 7.51. The Morgan fingerprint density at radius 1 is 0.844 bits per heavy atom. The molecule has 164 valence electrons. The Morgan fingerprint density at radius 2 is 1.50 bits per heavy atom. The van der Waals surface area contributed by atoms with Gasteiger partial charge in [0.05, 0.1) is 10.6 Å². The number of aryl methyl sites for hydroxylation is 1. The zero-order valence-corrected chi connectivity index (χ0v) is 18.0. The van der Waals surface area contributed by atoms with Crippen LogP contribution < -0.4 is 4.72 Å². The zero-order chi connectivity index (χ0) is 23.2. The highest BCUT2D eigenvalue weighted by molar-refractivity contribution is 7.92. The van der Waals surface area contributed by atoms with E-state index in [4.69, 9.17) is 0 Å². The molecule has 0 radical (unpaired) electrons. The van der Waals surface area contributed by atoms with Crippen LogP contribution in [0.4, 0.5) is 10.1 Å². The van der Waals surface area contributed by atoms with Crippen LogP contribution in [-0.2, 0) is 10.0 Å². The van der Waals surface area contributed by atoms with E-state index in [2.05, 4.69) is 4.72 Å². The Hall–Kier alpha value is -3.78. The van der Waals surface area contributed by atoms with Gasteiger partial charge in [-0.05, 0) is 48.4 Å². The van der Waals surface area contributed by atoms with Crippen LogP contribution in [0.15, 0.2) is 65.6 Å². The van der Waals surface area contributed by atoms with Crippen molar-refractivity contribution in [2.24, 2.45) is 0 Å². The molecule has 0 aliphatic heterocycles. The van der Waals surface area contributed by atoms with Crippen molar-refractivity contribution in [1.82, 2.24) is 0 Å². The Bertz CT molecular complexity index is 1460. The van der Waals surface area contributed by atoms with Crippen molar-refractivity contribution in [3.63, 3.8) is 0 Å². The molecule has 0 bridgehead atoms. The lowest BCUT2D eigenvalue weighted by Crippen LogP contribution is -2.14.